The van der Waals surface area contributed by atoms with Crippen molar-refractivity contribution in [3.8, 4) is 11.5 Å². The molecule has 0 aromatic heterocycles. The third kappa shape index (κ3) is 3.74. The van der Waals surface area contributed by atoms with Crippen LogP contribution in [0.25, 0.3) is 0 Å². The fourth-order valence-corrected chi connectivity index (χ4v) is 7.18. The molecule has 0 spiro atoms. The Kier molecular flexibility index (Phi) is 5.07. The van der Waals surface area contributed by atoms with Gasteiger partial charge in [-0.2, -0.15) is 0 Å². The van der Waals surface area contributed by atoms with E-state index in [0.717, 1.165) is 16.4 Å². The van der Waals surface area contributed by atoms with Crippen LogP contribution in [0.1, 0.15) is 5.56 Å². The first-order valence-electron chi connectivity index (χ1n) is 9.43. The van der Waals surface area contributed by atoms with Gasteiger partial charge in [0.1, 0.15) is 19.0 Å². The van der Waals surface area contributed by atoms with E-state index in [1.807, 2.05) is 23.1 Å². The van der Waals surface area contributed by atoms with Crippen LogP contribution in [0, 0.1) is 5.82 Å². The van der Waals surface area contributed by atoms with E-state index in [1.54, 1.807) is 6.07 Å². The Morgan fingerprint density at radius 3 is 2.73 bits per heavy atom. The molecule has 5 rings (SSSR count). The average Bonchev–Trinajstić information content (AvgIpc) is 3.18. The minimum atomic E-state index is -3.14. The smallest absolute Gasteiger partial charge is 0.164 e. The molecular weight excluding hydrogens is 451 g/mol. The summed E-state index contributed by atoms with van der Waals surface area (Å²) in [7, 11) is -3.14. The van der Waals surface area contributed by atoms with Crippen molar-refractivity contribution < 1.29 is 22.3 Å². The van der Waals surface area contributed by atoms with Crippen LogP contribution in [-0.2, 0) is 15.6 Å². The van der Waals surface area contributed by atoms with Gasteiger partial charge in [0.2, 0.25) is 0 Å². The van der Waals surface area contributed by atoms with Crippen molar-refractivity contribution in [1.82, 2.24) is 0 Å². The lowest BCUT2D eigenvalue weighted by Gasteiger charge is -2.28. The number of rotatable bonds is 3. The Morgan fingerprint density at radius 1 is 1.13 bits per heavy atom. The monoisotopic (exact) mass is 468 g/mol. The van der Waals surface area contributed by atoms with Gasteiger partial charge in [-0.15, -0.1) is 0 Å². The Labute approximate surface area is 182 Å². The zero-order valence-corrected chi connectivity index (χ0v) is 18.1. The van der Waals surface area contributed by atoms with Crippen LogP contribution in [0.15, 0.2) is 41.4 Å². The van der Waals surface area contributed by atoms with Crippen LogP contribution in [0.4, 0.5) is 10.1 Å². The third-order valence-electron chi connectivity index (χ3n) is 5.28. The standard InChI is InChI=1S/C20H18ClFN2O4S2/c21-15-7-13(22)2-1-12(15)9-29-20-23-16-10-30(25,26)11-17(16)24(20)14-3-4-18-19(8-14)28-6-5-27-18/h1-4,7-8,16-17H,5-6,9-11H2/t16-,17-/m1/s1. The summed E-state index contributed by atoms with van der Waals surface area (Å²) >= 11 is 7.62. The number of amidine groups is 1. The van der Waals surface area contributed by atoms with Gasteiger partial charge < -0.3 is 14.4 Å². The van der Waals surface area contributed by atoms with Crippen molar-refractivity contribution in [2.75, 3.05) is 29.6 Å². The second-order valence-corrected chi connectivity index (χ2v) is 10.8. The molecule has 2 atom stereocenters. The topological polar surface area (TPSA) is 68.2 Å². The van der Waals surface area contributed by atoms with Gasteiger partial charge in [-0.05, 0) is 29.8 Å². The minimum Gasteiger partial charge on any atom is -0.486 e. The average molecular weight is 469 g/mol. The highest BCUT2D eigenvalue weighted by Crippen LogP contribution is 2.40. The van der Waals surface area contributed by atoms with Gasteiger partial charge in [0.15, 0.2) is 26.5 Å². The number of benzene rings is 2. The second kappa shape index (κ2) is 7.62. The number of halogens is 2. The fourth-order valence-electron chi connectivity index (χ4n) is 3.90. The molecule has 30 heavy (non-hydrogen) atoms. The van der Waals surface area contributed by atoms with Crippen molar-refractivity contribution in [2.45, 2.75) is 17.8 Å². The van der Waals surface area contributed by atoms with E-state index in [-0.39, 0.29) is 29.4 Å². The molecule has 10 heteroatoms. The molecule has 1 fully saturated rings. The molecule has 3 heterocycles. The van der Waals surface area contributed by atoms with E-state index < -0.39 is 9.84 Å². The van der Waals surface area contributed by atoms with Crippen LogP contribution < -0.4 is 14.4 Å². The summed E-state index contributed by atoms with van der Waals surface area (Å²) in [5.41, 5.74) is 1.60. The number of nitrogens with zero attached hydrogens (tertiary/aromatic N) is 2. The van der Waals surface area contributed by atoms with E-state index in [1.165, 1.54) is 23.9 Å². The Morgan fingerprint density at radius 2 is 1.93 bits per heavy atom. The molecule has 3 aliphatic heterocycles. The molecule has 0 N–H and O–H groups in total. The third-order valence-corrected chi connectivity index (χ3v) is 8.35. The Balaban J connectivity index is 1.45. The van der Waals surface area contributed by atoms with Gasteiger partial charge >= 0.3 is 0 Å². The van der Waals surface area contributed by atoms with Gasteiger partial charge in [0.25, 0.3) is 0 Å². The Hall–Kier alpha value is -1.97. The summed E-state index contributed by atoms with van der Waals surface area (Å²) in [6, 6.07) is 9.33. The number of fused-ring (bicyclic) bond motifs is 2. The highest BCUT2D eigenvalue weighted by atomic mass is 35.5. The van der Waals surface area contributed by atoms with Crippen molar-refractivity contribution in [2.24, 2.45) is 4.99 Å². The molecule has 0 saturated carbocycles. The molecule has 3 aliphatic rings. The summed E-state index contributed by atoms with van der Waals surface area (Å²) in [6.07, 6.45) is 0. The Bertz CT molecular complexity index is 1140. The lowest BCUT2D eigenvalue weighted by atomic mass is 10.1. The minimum absolute atomic E-state index is 0.0417. The van der Waals surface area contributed by atoms with Crippen LogP contribution >= 0.6 is 23.4 Å². The molecule has 2 aromatic rings. The number of sulfone groups is 1. The lowest BCUT2D eigenvalue weighted by molar-refractivity contribution is 0.171. The molecular formula is C20H18ClFN2O4S2. The van der Waals surface area contributed by atoms with Crippen molar-refractivity contribution in [3.63, 3.8) is 0 Å². The summed E-state index contributed by atoms with van der Waals surface area (Å²) < 4.78 is 49.1. The highest BCUT2D eigenvalue weighted by molar-refractivity contribution is 8.13. The van der Waals surface area contributed by atoms with Crippen LogP contribution in [-0.4, -0.2) is 50.4 Å². The van der Waals surface area contributed by atoms with Gasteiger partial charge in [-0.3, -0.25) is 4.99 Å². The SMILES string of the molecule is O=S1(=O)C[C@@H]2[C@@H](C1)N=C(SCc1ccc(F)cc1Cl)N2c1ccc2c(c1)OCCO2. The molecule has 0 radical (unpaired) electrons. The lowest BCUT2D eigenvalue weighted by Crippen LogP contribution is -2.39. The molecule has 0 bridgehead atoms. The van der Waals surface area contributed by atoms with E-state index in [4.69, 9.17) is 26.1 Å². The molecule has 2 aromatic carbocycles. The fraction of sp³-hybridized carbons (Fsp3) is 0.350. The molecule has 6 nitrogen and oxygen atoms in total. The quantitative estimate of drug-likeness (QED) is 0.686. The predicted molar refractivity (Wildman–Crippen MR) is 116 cm³/mol. The summed E-state index contributed by atoms with van der Waals surface area (Å²) in [5.74, 6) is 1.50. The maximum atomic E-state index is 13.3. The van der Waals surface area contributed by atoms with E-state index in [0.29, 0.717) is 35.5 Å². The van der Waals surface area contributed by atoms with Crippen molar-refractivity contribution in [3.05, 3.63) is 52.8 Å². The number of hydrogen-bond donors (Lipinski definition) is 0. The first kappa shape index (κ1) is 20.0. The van der Waals surface area contributed by atoms with Gasteiger partial charge in [0.05, 0.1) is 23.6 Å². The van der Waals surface area contributed by atoms with Gasteiger partial charge in [-0.25, -0.2) is 12.8 Å². The van der Waals surface area contributed by atoms with Crippen LogP contribution in [0.2, 0.25) is 5.02 Å². The zero-order valence-electron chi connectivity index (χ0n) is 15.8. The molecule has 0 unspecified atom stereocenters. The molecule has 1 saturated heterocycles. The maximum Gasteiger partial charge on any atom is 0.164 e. The summed E-state index contributed by atoms with van der Waals surface area (Å²) in [6.45, 7) is 0.968. The van der Waals surface area contributed by atoms with Gasteiger partial charge in [-0.1, -0.05) is 29.4 Å². The van der Waals surface area contributed by atoms with Crippen LogP contribution in [0.3, 0.4) is 0 Å². The number of thioether (sulfide) groups is 1. The normalized spacial score (nSPS) is 23.9. The van der Waals surface area contributed by atoms with E-state index >= 15 is 0 Å². The number of aliphatic imine (C=N–C) groups is 1. The first-order valence-corrected chi connectivity index (χ1v) is 12.6. The predicted octanol–water partition coefficient (Wildman–Crippen LogP) is 3.53. The van der Waals surface area contributed by atoms with Crippen molar-refractivity contribution >= 4 is 44.1 Å². The highest BCUT2D eigenvalue weighted by Gasteiger charge is 2.47. The molecule has 0 amide bonds. The first-order chi connectivity index (χ1) is 14.4. The maximum absolute atomic E-state index is 13.3. The zero-order chi connectivity index (χ0) is 20.9. The van der Waals surface area contributed by atoms with E-state index in [9.17, 15) is 12.8 Å². The van der Waals surface area contributed by atoms with E-state index in [2.05, 4.69) is 0 Å². The molecule has 158 valence electrons. The van der Waals surface area contributed by atoms with Gasteiger partial charge in [0, 0.05) is 22.5 Å². The number of ether oxygens (including phenoxy) is 2. The van der Waals surface area contributed by atoms with Crippen LogP contribution in [0.5, 0.6) is 11.5 Å². The summed E-state index contributed by atoms with van der Waals surface area (Å²) in [5, 5.41) is 1.08. The second-order valence-electron chi connectivity index (χ2n) is 7.35. The van der Waals surface area contributed by atoms with Crippen molar-refractivity contribution in [1.29, 1.82) is 0 Å². The number of hydrogen-bond acceptors (Lipinski definition) is 7. The number of anilines is 1. The molecule has 0 aliphatic carbocycles. The summed E-state index contributed by atoms with van der Waals surface area (Å²) in [4.78, 5) is 6.68. The largest absolute Gasteiger partial charge is 0.486 e.